The molecule has 37 heavy (non-hydrogen) atoms. The van der Waals surface area contributed by atoms with Gasteiger partial charge in [0, 0.05) is 6.42 Å². The first-order valence-electron chi connectivity index (χ1n) is 15.2. The van der Waals surface area contributed by atoms with Crippen molar-refractivity contribution in [3.05, 3.63) is 11.1 Å². The minimum atomic E-state index is -1.36. The van der Waals surface area contributed by atoms with Crippen molar-refractivity contribution >= 4 is 5.78 Å². The van der Waals surface area contributed by atoms with Crippen molar-refractivity contribution in [1.82, 2.24) is 0 Å². The van der Waals surface area contributed by atoms with E-state index in [-0.39, 0.29) is 35.4 Å². The molecule has 1 saturated carbocycles. The number of hydrogen-bond donors (Lipinski definition) is 4. The van der Waals surface area contributed by atoms with Crippen molar-refractivity contribution < 1.29 is 25.2 Å². The summed E-state index contributed by atoms with van der Waals surface area (Å²) in [6.07, 6.45) is -0.879. The maximum Gasteiger partial charge on any atom is 0.174 e. The lowest BCUT2D eigenvalue weighted by atomic mass is 9.47. The molecule has 0 spiro atoms. The molecule has 0 aromatic rings. The van der Waals surface area contributed by atoms with Gasteiger partial charge in [-0.2, -0.15) is 0 Å². The van der Waals surface area contributed by atoms with Gasteiger partial charge >= 0.3 is 0 Å². The third-order valence-electron chi connectivity index (χ3n) is 8.33. The zero-order chi connectivity index (χ0) is 30.3. The van der Waals surface area contributed by atoms with Crippen molar-refractivity contribution in [2.75, 3.05) is 0 Å². The van der Waals surface area contributed by atoms with Crippen molar-refractivity contribution in [1.29, 1.82) is 0 Å². The lowest BCUT2D eigenvalue weighted by molar-refractivity contribution is -0.176. The van der Waals surface area contributed by atoms with E-state index >= 15 is 0 Å². The largest absolute Gasteiger partial charge is 0.393 e. The Labute approximate surface area is 231 Å². The van der Waals surface area contributed by atoms with E-state index < -0.39 is 29.8 Å². The molecule has 1 fully saturated rings. The van der Waals surface area contributed by atoms with Crippen LogP contribution >= 0.6 is 0 Å². The topological polar surface area (TPSA) is 98.0 Å². The van der Waals surface area contributed by atoms with Crippen LogP contribution in [0.15, 0.2) is 11.1 Å². The quantitative estimate of drug-likeness (QED) is 0.280. The van der Waals surface area contributed by atoms with Gasteiger partial charge in [0.1, 0.15) is 6.10 Å². The van der Waals surface area contributed by atoms with Gasteiger partial charge in [0.05, 0.1) is 23.7 Å². The minimum Gasteiger partial charge on any atom is -0.393 e. The van der Waals surface area contributed by atoms with Crippen LogP contribution in [-0.2, 0) is 4.79 Å². The summed E-state index contributed by atoms with van der Waals surface area (Å²) in [6.45, 7) is 29.8. The lowest BCUT2D eigenvalue weighted by Crippen LogP contribution is -2.61. The highest BCUT2D eigenvalue weighted by Gasteiger charge is 2.60. The Balaban J connectivity index is -0.00000114. The van der Waals surface area contributed by atoms with Gasteiger partial charge in [0.2, 0.25) is 0 Å². The number of carbonyl (C=O) groups is 1. The minimum absolute atomic E-state index is 0.135. The van der Waals surface area contributed by atoms with E-state index in [9.17, 15) is 25.2 Å². The molecule has 2 rings (SSSR count). The molecule has 0 aromatic carbocycles. The Morgan fingerprint density at radius 1 is 0.865 bits per heavy atom. The third-order valence-corrected chi connectivity index (χ3v) is 8.33. The fourth-order valence-electron chi connectivity index (χ4n) is 5.97. The summed E-state index contributed by atoms with van der Waals surface area (Å²) in [4.78, 5) is 13.7. The summed E-state index contributed by atoms with van der Waals surface area (Å²) < 4.78 is 0. The molecule has 0 aliphatic heterocycles. The summed E-state index contributed by atoms with van der Waals surface area (Å²) in [7, 11) is 0. The van der Waals surface area contributed by atoms with Crippen LogP contribution < -0.4 is 0 Å². The Morgan fingerprint density at radius 2 is 1.30 bits per heavy atom. The smallest absolute Gasteiger partial charge is 0.174 e. The van der Waals surface area contributed by atoms with Crippen LogP contribution in [0, 0.1) is 28.6 Å². The van der Waals surface area contributed by atoms with Crippen LogP contribution in [0.3, 0.4) is 0 Å². The van der Waals surface area contributed by atoms with Crippen LogP contribution in [0.4, 0.5) is 0 Å². The van der Waals surface area contributed by atoms with Crippen LogP contribution in [-0.4, -0.2) is 50.6 Å². The first kappa shape index (κ1) is 40.7. The number of rotatable bonds is 2. The first-order valence-corrected chi connectivity index (χ1v) is 15.2. The highest BCUT2D eigenvalue weighted by Crippen LogP contribution is 2.58. The Bertz CT molecular complexity index is 643. The summed E-state index contributed by atoms with van der Waals surface area (Å²) in [5, 5.41) is 43.7. The summed E-state index contributed by atoms with van der Waals surface area (Å²) >= 11 is 0. The predicted octanol–water partition coefficient (Wildman–Crippen LogP) is 7.34. The SMILES string of the molecule is CC.CC.CC.CCC.CCC1(C)C(C)CC(O)C2(C)C(=O)C(O)/C(C(C)C)=C(\C)[C@@H](O)CC(O)CC12. The molecular weight excluding hydrogens is 464 g/mol. The molecule has 5 nitrogen and oxygen atoms in total. The summed E-state index contributed by atoms with van der Waals surface area (Å²) in [6, 6.07) is 0. The van der Waals surface area contributed by atoms with Gasteiger partial charge in [-0.15, -0.1) is 0 Å². The van der Waals surface area contributed by atoms with Crippen molar-refractivity contribution in [2.45, 2.75) is 160 Å². The Hall–Kier alpha value is -0.750. The lowest BCUT2D eigenvalue weighted by Gasteiger charge is -2.58. The van der Waals surface area contributed by atoms with Gasteiger partial charge < -0.3 is 20.4 Å². The average Bonchev–Trinajstić information content (AvgIpc) is 2.88. The summed E-state index contributed by atoms with van der Waals surface area (Å²) in [5.41, 5.74) is -0.351. The molecule has 2 aliphatic rings. The Kier molecular flexibility index (Phi) is 21.3. The van der Waals surface area contributed by atoms with Crippen LogP contribution in [0.25, 0.3) is 0 Å². The second kappa shape index (κ2) is 19.3. The molecular formula is C32H66O5. The molecule has 2 aliphatic carbocycles. The van der Waals surface area contributed by atoms with E-state index in [0.29, 0.717) is 24.0 Å². The second-order valence-corrected chi connectivity index (χ2v) is 10.8. The third kappa shape index (κ3) is 9.44. The van der Waals surface area contributed by atoms with Gasteiger partial charge in [-0.1, -0.05) is 103 Å². The van der Waals surface area contributed by atoms with E-state index in [1.165, 1.54) is 6.42 Å². The zero-order valence-corrected chi connectivity index (χ0v) is 27.3. The standard InChI is InChI=1S/C23H40O5.C3H8.3C2H6/c1-8-22(6)13(4)9-18(26)23(7)17(22)11-15(24)10-16(25)14(5)19(12(2)3)20(27)21(23)28;1-3-2;3*1-2/h12-13,15-18,20,24-27H,8-11H2,1-7H3;3H2,1-2H3;3*1-2H3/b19-14+;;;;/t13?,15?,16-,17?,18?,20?,22?,23?;;;;/m0..../s1. The summed E-state index contributed by atoms with van der Waals surface area (Å²) in [5.74, 6) is -0.636. The van der Waals surface area contributed by atoms with Crippen molar-refractivity contribution in [3.8, 4) is 0 Å². The van der Waals surface area contributed by atoms with Gasteiger partial charge in [-0.25, -0.2) is 0 Å². The first-order chi connectivity index (χ1) is 17.2. The fourth-order valence-corrected chi connectivity index (χ4v) is 5.97. The number of Topliss-reactive ketones (excluding diaryl/α,β-unsaturated/α-hetero) is 1. The van der Waals surface area contributed by atoms with Crippen LogP contribution in [0.1, 0.15) is 136 Å². The highest BCUT2D eigenvalue weighted by atomic mass is 16.3. The molecule has 5 heteroatoms. The second-order valence-electron chi connectivity index (χ2n) is 10.8. The van der Waals surface area contributed by atoms with Crippen molar-refractivity contribution in [3.63, 3.8) is 0 Å². The van der Waals surface area contributed by atoms with E-state index in [1.54, 1.807) is 13.8 Å². The molecule has 0 heterocycles. The number of fused-ring (bicyclic) bond motifs is 1. The maximum atomic E-state index is 13.7. The monoisotopic (exact) mass is 530 g/mol. The number of aliphatic hydroxyl groups is 4. The van der Waals surface area contributed by atoms with Crippen molar-refractivity contribution in [2.24, 2.45) is 28.6 Å². The molecule has 0 bridgehead atoms. The van der Waals surface area contributed by atoms with Crippen LogP contribution in [0.2, 0.25) is 0 Å². The average molecular weight is 531 g/mol. The number of ketones is 1. The van der Waals surface area contributed by atoms with Gasteiger partial charge in [-0.05, 0) is 61.0 Å². The van der Waals surface area contributed by atoms with E-state index in [1.807, 2.05) is 55.4 Å². The Morgan fingerprint density at radius 3 is 1.68 bits per heavy atom. The number of hydrogen-bond acceptors (Lipinski definition) is 5. The molecule has 0 amide bonds. The normalized spacial score (nSPS) is 37.7. The molecule has 7 unspecified atom stereocenters. The molecule has 0 radical (unpaired) electrons. The molecule has 8 atom stereocenters. The highest BCUT2D eigenvalue weighted by molar-refractivity contribution is 5.92. The van der Waals surface area contributed by atoms with Gasteiger partial charge in [0.25, 0.3) is 0 Å². The van der Waals surface area contributed by atoms with E-state index in [4.69, 9.17) is 0 Å². The molecule has 0 aromatic heterocycles. The molecule has 0 saturated heterocycles. The predicted molar refractivity (Wildman–Crippen MR) is 160 cm³/mol. The van der Waals surface area contributed by atoms with Gasteiger partial charge in [-0.3, -0.25) is 4.79 Å². The van der Waals surface area contributed by atoms with Crippen LogP contribution in [0.5, 0.6) is 0 Å². The number of aliphatic hydroxyl groups excluding tert-OH is 4. The molecule has 4 N–H and O–H groups in total. The zero-order valence-electron chi connectivity index (χ0n) is 27.3. The van der Waals surface area contributed by atoms with E-state index in [0.717, 1.165) is 6.42 Å². The number of carbonyl (C=O) groups excluding carboxylic acids is 1. The fraction of sp³-hybridized carbons (Fsp3) is 0.906. The van der Waals surface area contributed by atoms with Gasteiger partial charge in [0.15, 0.2) is 5.78 Å². The molecule has 224 valence electrons. The van der Waals surface area contributed by atoms with E-state index in [2.05, 4.69) is 34.6 Å². The maximum absolute atomic E-state index is 13.7.